The Balaban J connectivity index is 1.23. The molecule has 0 spiro atoms. The Morgan fingerprint density at radius 3 is 2.42 bits per heavy atom. The summed E-state index contributed by atoms with van der Waals surface area (Å²) in [5.41, 5.74) is -4.20. The summed E-state index contributed by atoms with van der Waals surface area (Å²) in [7, 11) is 1.38. The van der Waals surface area contributed by atoms with E-state index in [0.717, 1.165) is 50.9 Å². The molecule has 1 atom stereocenters. The van der Waals surface area contributed by atoms with E-state index in [4.69, 9.17) is 0 Å². The van der Waals surface area contributed by atoms with Gasteiger partial charge < -0.3 is 15.3 Å². The predicted octanol–water partition coefficient (Wildman–Crippen LogP) is 6.43. The lowest BCUT2D eigenvalue weighted by Gasteiger charge is -2.37. The number of amides is 2. The van der Waals surface area contributed by atoms with E-state index in [1.807, 2.05) is 0 Å². The van der Waals surface area contributed by atoms with Gasteiger partial charge in [0.2, 0.25) is 5.91 Å². The molecular formula is C38H31F8N9O4. The maximum Gasteiger partial charge on any atom is 0.435 e. The normalized spacial score (nSPS) is 14.0. The van der Waals surface area contributed by atoms with Gasteiger partial charge in [0.25, 0.3) is 11.9 Å². The highest BCUT2D eigenvalue weighted by molar-refractivity contribution is 6.01. The number of carboxylic acids is 1. The number of nitrogens with one attached hydrogen (secondary N) is 1. The molecule has 2 aromatic carbocycles. The first-order valence-electron chi connectivity index (χ1n) is 17.7. The molecule has 59 heavy (non-hydrogen) atoms. The predicted molar refractivity (Wildman–Crippen MR) is 191 cm³/mol. The van der Waals surface area contributed by atoms with Crippen LogP contribution in [0.3, 0.4) is 0 Å². The highest BCUT2D eigenvalue weighted by Crippen LogP contribution is 2.36. The van der Waals surface area contributed by atoms with E-state index >= 15 is 8.78 Å². The number of aromatic carboxylic acids is 1. The summed E-state index contributed by atoms with van der Waals surface area (Å²) in [6, 6.07) is 7.34. The van der Waals surface area contributed by atoms with Gasteiger partial charge in [-0.15, -0.1) is 5.10 Å². The summed E-state index contributed by atoms with van der Waals surface area (Å²) >= 11 is 0. The number of alkyl halides is 5. The minimum atomic E-state index is -4.91. The lowest BCUT2D eigenvalue weighted by Crippen LogP contribution is -2.58. The number of hydrogen-bond donors (Lipinski definition) is 2. The molecule has 4 aromatic heterocycles. The Morgan fingerprint density at radius 2 is 1.75 bits per heavy atom. The first-order chi connectivity index (χ1) is 27.7. The number of carboxylic acid groups (broad SMARTS) is 1. The van der Waals surface area contributed by atoms with Crippen molar-refractivity contribution in [2.75, 3.05) is 6.54 Å². The molecule has 1 aliphatic heterocycles. The van der Waals surface area contributed by atoms with E-state index in [-0.39, 0.29) is 57.5 Å². The molecule has 6 aromatic rings. The maximum absolute atomic E-state index is 15.7. The van der Waals surface area contributed by atoms with Gasteiger partial charge in [0.1, 0.15) is 23.1 Å². The summed E-state index contributed by atoms with van der Waals surface area (Å²) in [4.78, 5) is 45.3. The first-order valence-corrected chi connectivity index (χ1v) is 17.7. The fourth-order valence-electron chi connectivity index (χ4n) is 7.11. The standard InChI is InChI=1S/C38H31F8N9O4/c1-37(2,17-55-25(14-28(50-55)38(44,45)46)19-5-4-6-20(12-19)35(58)59)49-33(56)27(11-18-15-47-54(16-18)36(42)43)53-10-9-21-22(7-8-23(39)29(21)34(53)57)30-24(40)13-26-31(48-30)32(41)51-52(26)3/h4-8,12-16,27,36H,9-11,17H2,1-3H3,(H,49,56)(H,58,59)/t27-/m1/s1. The molecule has 2 amide bonds. The van der Waals surface area contributed by atoms with E-state index in [1.165, 1.54) is 45.2 Å². The summed E-state index contributed by atoms with van der Waals surface area (Å²) in [5.74, 6) is -6.25. The van der Waals surface area contributed by atoms with Crippen molar-refractivity contribution in [1.82, 2.24) is 44.5 Å². The maximum atomic E-state index is 15.7. The van der Waals surface area contributed by atoms with Crippen molar-refractivity contribution in [3.63, 3.8) is 0 Å². The molecule has 13 nitrogen and oxygen atoms in total. The molecular weight excluding hydrogens is 798 g/mol. The largest absolute Gasteiger partial charge is 0.478 e. The number of pyridine rings is 1. The summed E-state index contributed by atoms with van der Waals surface area (Å²) in [6.07, 6.45) is -3.54. The van der Waals surface area contributed by atoms with Crippen LogP contribution in [0.1, 0.15) is 57.9 Å². The van der Waals surface area contributed by atoms with Crippen LogP contribution in [0.25, 0.3) is 33.5 Å². The Hall–Kier alpha value is -6.67. The molecule has 0 aliphatic carbocycles. The quantitative estimate of drug-likeness (QED) is 0.142. The number of carbonyl (C=O) groups excluding carboxylic acids is 2. The van der Waals surface area contributed by atoms with E-state index in [9.17, 15) is 45.8 Å². The van der Waals surface area contributed by atoms with Gasteiger partial charge in [-0.2, -0.15) is 36.5 Å². The molecule has 0 unspecified atom stereocenters. The zero-order valence-corrected chi connectivity index (χ0v) is 31.0. The van der Waals surface area contributed by atoms with Crippen molar-refractivity contribution in [3.8, 4) is 22.5 Å². The molecule has 1 aliphatic rings. The Labute approximate surface area is 327 Å². The minimum Gasteiger partial charge on any atom is -0.478 e. The van der Waals surface area contributed by atoms with Gasteiger partial charge >= 0.3 is 18.7 Å². The van der Waals surface area contributed by atoms with Crippen molar-refractivity contribution < 1.29 is 54.6 Å². The number of halogens is 8. The molecule has 2 N–H and O–H groups in total. The van der Waals surface area contributed by atoms with Gasteiger partial charge in [-0.3, -0.25) is 19.0 Å². The van der Waals surface area contributed by atoms with Crippen LogP contribution in [-0.4, -0.2) is 80.2 Å². The molecule has 5 heterocycles. The molecule has 0 bridgehead atoms. The van der Waals surface area contributed by atoms with Gasteiger partial charge in [-0.25, -0.2) is 23.2 Å². The van der Waals surface area contributed by atoms with Gasteiger partial charge in [-0.1, -0.05) is 12.1 Å². The summed E-state index contributed by atoms with van der Waals surface area (Å²) in [6.45, 7) is -0.919. The molecule has 21 heteroatoms. The monoisotopic (exact) mass is 829 g/mol. The number of aryl methyl sites for hydroxylation is 1. The number of benzene rings is 2. The molecule has 7 rings (SSSR count). The average Bonchev–Trinajstić information content (AvgIpc) is 3.88. The lowest BCUT2D eigenvalue weighted by atomic mass is 9.90. The van der Waals surface area contributed by atoms with Crippen LogP contribution in [0, 0.1) is 17.6 Å². The van der Waals surface area contributed by atoms with Crippen LogP contribution in [0.15, 0.2) is 60.9 Å². The third kappa shape index (κ3) is 7.83. The van der Waals surface area contributed by atoms with Crippen molar-refractivity contribution in [3.05, 3.63) is 106 Å². The number of hydrogen-bond acceptors (Lipinski definition) is 7. The fraction of sp³-hybridized carbons (Fsp3) is 0.289. The number of nitrogens with zero attached hydrogens (tertiary/aromatic N) is 8. The van der Waals surface area contributed by atoms with Crippen molar-refractivity contribution >= 4 is 28.8 Å². The van der Waals surface area contributed by atoms with Gasteiger partial charge in [-0.05, 0) is 61.7 Å². The van der Waals surface area contributed by atoms with Crippen molar-refractivity contribution in [2.45, 2.75) is 57.5 Å². The minimum absolute atomic E-state index is 0.00459. The third-order valence-corrected chi connectivity index (χ3v) is 9.78. The lowest BCUT2D eigenvalue weighted by molar-refractivity contribution is -0.141. The van der Waals surface area contributed by atoms with E-state index in [2.05, 4.69) is 25.6 Å². The number of fused-ring (bicyclic) bond motifs is 2. The Morgan fingerprint density at radius 1 is 1.00 bits per heavy atom. The molecule has 0 saturated carbocycles. The van der Waals surface area contributed by atoms with E-state index < -0.39 is 89.6 Å². The fourth-order valence-corrected chi connectivity index (χ4v) is 7.11. The highest BCUT2D eigenvalue weighted by Gasteiger charge is 2.40. The van der Waals surface area contributed by atoms with Crippen LogP contribution < -0.4 is 5.32 Å². The van der Waals surface area contributed by atoms with Crippen LogP contribution in [0.5, 0.6) is 0 Å². The first kappa shape index (κ1) is 40.5. The molecule has 0 fully saturated rings. The second-order valence-corrected chi connectivity index (χ2v) is 14.5. The summed E-state index contributed by atoms with van der Waals surface area (Å²) < 4.78 is 117. The zero-order chi connectivity index (χ0) is 42.7. The van der Waals surface area contributed by atoms with Gasteiger partial charge in [0, 0.05) is 43.4 Å². The zero-order valence-electron chi connectivity index (χ0n) is 31.0. The van der Waals surface area contributed by atoms with Crippen molar-refractivity contribution in [1.29, 1.82) is 0 Å². The highest BCUT2D eigenvalue weighted by atomic mass is 19.4. The molecule has 308 valence electrons. The molecule has 0 saturated heterocycles. The topological polar surface area (TPSA) is 153 Å². The molecule has 0 radical (unpaired) electrons. The van der Waals surface area contributed by atoms with E-state index in [1.54, 1.807) is 0 Å². The average molecular weight is 830 g/mol. The van der Waals surface area contributed by atoms with E-state index in [0.29, 0.717) is 4.68 Å². The second kappa shape index (κ2) is 14.9. The van der Waals surface area contributed by atoms with Crippen LogP contribution in [0.4, 0.5) is 35.1 Å². The van der Waals surface area contributed by atoms with Crippen LogP contribution in [0.2, 0.25) is 0 Å². The SMILES string of the molecule is Cn1nc(F)c2nc(-c3ccc(F)c4c3CCN([C@H](Cc3cnn(C(F)F)c3)C(=O)NC(C)(C)Cn3nc(C(F)(F)F)cc3-c3cccc(C(=O)O)c3)C4=O)c(F)cc21. The van der Waals surface area contributed by atoms with Crippen LogP contribution in [-0.2, 0) is 37.4 Å². The van der Waals surface area contributed by atoms with Gasteiger partial charge in [0.05, 0.1) is 40.6 Å². The number of carbonyl (C=O) groups is 3. The van der Waals surface area contributed by atoms with Crippen molar-refractivity contribution in [2.24, 2.45) is 7.05 Å². The Bertz CT molecular complexity index is 2650. The van der Waals surface area contributed by atoms with Gasteiger partial charge in [0.15, 0.2) is 11.5 Å². The van der Waals surface area contributed by atoms with Crippen LogP contribution >= 0.6 is 0 Å². The smallest absolute Gasteiger partial charge is 0.435 e. The number of rotatable bonds is 11. The third-order valence-electron chi connectivity index (χ3n) is 9.78. The second-order valence-electron chi connectivity index (χ2n) is 14.5. The Kier molecular flexibility index (Phi) is 10.3. The number of aromatic nitrogens is 7. The summed E-state index contributed by atoms with van der Waals surface area (Å²) in [5, 5.41) is 23.1.